The predicted molar refractivity (Wildman–Crippen MR) is 115 cm³/mol. The molecule has 0 aliphatic carbocycles. The monoisotopic (exact) mass is 459 g/mol. The number of methoxy groups -OCH3 is 1. The number of esters is 1. The number of ether oxygens (including phenoxy) is 1. The zero-order valence-electron chi connectivity index (χ0n) is 16.6. The lowest BCUT2D eigenvalue weighted by Gasteiger charge is -2.11. The number of nitrogens with zero attached hydrogens (tertiary/aromatic N) is 2. The molecule has 0 aliphatic rings. The molecule has 3 rings (SSSR count). The predicted octanol–water partition coefficient (Wildman–Crippen LogP) is 3.45. The zero-order chi connectivity index (χ0) is 22.6. The van der Waals surface area contributed by atoms with Gasteiger partial charge >= 0.3 is 5.97 Å². The lowest BCUT2D eigenvalue weighted by Crippen LogP contribution is -2.19. The van der Waals surface area contributed by atoms with Gasteiger partial charge in [0.1, 0.15) is 0 Å². The number of benzene rings is 2. The van der Waals surface area contributed by atoms with E-state index in [1.165, 1.54) is 19.2 Å². The van der Waals surface area contributed by atoms with Gasteiger partial charge in [-0.2, -0.15) is 0 Å². The number of para-hydroxylation sites is 1. The van der Waals surface area contributed by atoms with Crippen LogP contribution in [0.5, 0.6) is 0 Å². The molecule has 8 nitrogen and oxygen atoms in total. The molecule has 31 heavy (non-hydrogen) atoms. The minimum atomic E-state index is -3.93. The summed E-state index contributed by atoms with van der Waals surface area (Å²) < 4.78 is 30.2. The highest BCUT2D eigenvalue weighted by molar-refractivity contribution is 7.90. The van der Waals surface area contributed by atoms with Crippen LogP contribution in [0, 0.1) is 6.92 Å². The van der Waals surface area contributed by atoms with Gasteiger partial charge < -0.3 is 10.1 Å². The summed E-state index contributed by atoms with van der Waals surface area (Å²) in [5.41, 5.74) is 1.50. The first-order chi connectivity index (χ1) is 14.7. The average molecular weight is 460 g/mol. The molecule has 1 heterocycles. The summed E-state index contributed by atoms with van der Waals surface area (Å²) in [5, 5.41) is 1.85. The molecule has 0 unspecified atom stereocenters. The fourth-order valence-electron chi connectivity index (χ4n) is 2.69. The third-order valence-electron chi connectivity index (χ3n) is 4.27. The van der Waals surface area contributed by atoms with E-state index in [2.05, 4.69) is 15.3 Å². The Bertz CT molecular complexity index is 1240. The second kappa shape index (κ2) is 9.23. The molecule has 0 saturated carbocycles. The van der Waals surface area contributed by atoms with E-state index in [0.717, 1.165) is 11.8 Å². The molecule has 0 atom stereocenters. The van der Waals surface area contributed by atoms with E-state index in [-0.39, 0.29) is 27.7 Å². The van der Waals surface area contributed by atoms with Gasteiger partial charge in [-0.05, 0) is 24.6 Å². The lowest BCUT2D eigenvalue weighted by atomic mass is 10.1. The fraction of sp³-hybridized carbons (Fsp3) is 0.143. The number of nitrogens with one attached hydrogen (secondary N) is 1. The molecule has 1 aromatic heterocycles. The molecule has 3 aromatic rings. The minimum absolute atomic E-state index is 0.121. The van der Waals surface area contributed by atoms with Crippen molar-refractivity contribution in [3.05, 3.63) is 82.1 Å². The van der Waals surface area contributed by atoms with Gasteiger partial charge in [-0.25, -0.2) is 23.2 Å². The molecule has 0 spiro atoms. The smallest absolute Gasteiger partial charge is 0.339 e. The molecular formula is C21H18ClN3O5S. The second-order valence-corrected chi connectivity index (χ2v) is 8.88. The van der Waals surface area contributed by atoms with Gasteiger partial charge in [0.25, 0.3) is 5.91 Å². The van der Waals surface area contributed by atoms with E-state index in [1.807, 2.05) is 6.92 Å². The van der Waals surface area contributed by atoms with Crippen LogP contribution in [0.2, 0.25) is 5.02 Å². The van der Waals surface area contributed by atoms with Crippen LogP contribution in [0.4, 0.5) is 5.69 Å². The Morgan fingerprint density at radius 3 is 2.45 bits per heavy atom. The molecule has 0 bridgehead atoms. The summed E-state index contributed by atoms with van der Waals surface area (Å²) in [6.07, 6.45) is 1.05. The van der Waals surface area contributed by atoms with Gasteiger partial charge in [0.2, 0.25) is 15.0 Å². The van der Waals surface area contributed by atoms with Crippen molar-refractivity contribution in [3.8, 4) is 0 Å². The summed E-state index contributed by atoms with van der Waals surface area (Å²) in [6, 6.07) is 13.2. The van der Waals surface area contributed by atoms with E-state index >= 15 is 0 Å². The van der Waals surface area contributed by atoms with Crippen LogP contribution in [0.25, 0.3) is 0 Å². The van der Waals surface area contributed by atoms with Crippen molar-refractivity contribution in [2.24, 2.45) is 0 Å². The quantitative estimate of drug-likeness (QED) is 0.443. The van der Waals surface area contributed by atoms with Gasteiger partial charge in [0.15, 0.2) is 5.69 Å². The number of anilines is 1. The van der Waals surface area contributed by atoms with Crippen molar-refractivity contribution in [2.45, 2.75) is 17.8 Å². The molecule has 1 amide bonds. The van der Waals surface area contributed by atoms with Crippen LogP contribution >= 0.6 is 11.6 Å². The number of hydrogen-bond acceptors (Lipinski definition) is 7. The normalized spacial score (nSPS) is 11.1. The van der Waals surface area contributed by atoms with Crippen LogP contribution in [0.3, 0.4) is 0 Å². The van der Waals surface area contributed by atoms with Crippen LogP contribution in [-0.2, 0) is 20.3 Å². The topological polar surface area (TPSA) is 115 Å². The molecule has 160 valence electrons. The number of hydrogen-bond donors (Lipinski definition) is 1. The first-order valence-electron chi connectivity index (χ1n) is 9.01. The Kier molecular flexibility index (Phi) is 6.67. The van der Waals surface area contributed by atoms with Crippen molar-refractivity contribution in [2.75, 3.05) is 12.4 Å². The number of aromatic nitrogens is 2. The number of amides is 1. The third kappa shape index (κ3) is 5.25. The summed E-state index contributed by atoms with van der Waals surface area (Å²) in [6.45, 7) is 1.89. The van der Waals surface area contributed by atoms with E-state index < -0.39 is 26.9 Å². The maximum absolute atomic E-state index is 12.8. The highest BCUT2D eigenvalue weighted by Crippen LogP contribution is 2.21. The summed E-state index contributed by atoms with van der Waals surface area (Å²) in [4.78, 5) is 32.3. The van der Waals surface area contributed by atoms with Gasteiger partial charge in [-0.15, -0.1) is 0 Å². The molecule has 1 N–H and O–H groups in total. The lowest BCUT2D eigenvalue weighted by molar-refractivity contribution is 0.0602. The Hall–Kier alpha value is -3.30. The highest BCUT2D eigenvalue weighted by atomic mass is 35.5. The maximum Gasteiger partial charge on any atom is 0.339 e. The Morgan fingerprint density at radius 1 is 1.10 bits per heavy atom. The Labute approximate surface area is 184 Å². The number of halogens is 1. The van der Waals surface area contributed by atoms with Crippen molar-refractivity contribution in [3.63, 3.8) is 0 Å². The van der Waals surface area contributed by atoms with Crippen LogP contribution in [0.15, 0.2) is 59.9 Å². The summed E-state index contributed by atoms with van der Waals surface area (Å²) in [5.74, 6) is -1.78. The van der Waals surface area contributed by atoms with E-state index in [9.17, 15) is 18.0 Å². The van der Waals surface area contributed by atoms with Gasteiger partial charge in [-0.1, -0.05) is 53.6 Å². The zero-order valence-corrected chi connectivity index (χ0v) is 18.2. The van der Waals surface area contributed by atoms with Crippen molar-refractivity contribution < 1.29 is 22.7 Å². The molecule has 2 aromatic carbocycles. The number of aryl methyl sites for hydroxylation is 1. The van der Waals surface area contributed by atoms with E-state index in [0.29, 0.717) is 5.56 Å². The van der Waals surface area contributed by atoms with E-state index in [1.54, 1.807) is 36.4 Å². The number of carbonyl (C=O) groups is 2. The minimum Gasteiger partial charge on any atom is -0.465 e. The maximum atomic E-state index is 12.8. The van der Waals surface area contributed by atoms with Gasteiger partial charge in [0.05, 0.1) is 35.3 Å². The number of carbonyl (C=O) groups excluding carboxylic acids is 2. The summed E-state index contributed by atoms with van der Waals surface area (Å²) >= 11 is 6.04. The molecule has 0 aliphatic heterocycles. The van der Waals surface area contributed by atoms with Crippen molar-refractivity contribution >= 4 is 39.0 Å². The molecule has 0 fully saturated rings. The van der Waals surface area contributed by atoms with Crippen LogP contribution in [-0.4, -0.2) is 37.4 Å². The SMILES string of the molecule is COC(=O)c1ccccc1NC(=O)c1nc(S(=O)(=O)Cc2ccc(C)cc2)ncc1Cl. The average Bonchev–Trinajstić information content (AvgIpc) is 2.75. The third-order valence-corrected chi connectivity index (χ3v) is 6.02. The van der Waals surface area contributed by atoms with Crippen molar-refractivity contribution in [1.82, 2.24) is 9.97 Å². The number of sulfone groups is 1. The van der Waals surface area contributed by atoms with E-state index in [4.69, 9.17) is 16.3 Å². The molecule has 10 heteroatoms. The van der Waals surface area contributed by atoms with Crippen LogP contribution in [0.1, 0.15) is 32.0 Å². The molecule has 0 radical (unpaired) electrons. The molecular weight excluding hydrogens is 442 g/mol. The second-order valence-electron chi connectivity index (χ2n) is 6.59. The van der Waals surface area contributed by atoms with Crippen LogP contribution < -0.4 is 5.32 Å². The van der Waals surface area contributed by atoms with Gasteiger partial charge in [-0.3, -0.25) is 4.79 Å². The Balaban J connectivity index is 1.90. The standard InChI is InChI=1S/C21H18ClN3O5S/c1-13-7-9-14(10-8-13)12-31(28,29)21-23-11-16(22)18(25-21)19(26)24-17-6-4-3-5-15(17)20(27)30-2/h3-11H,12H2,1-2H3,(H,24,26). The Morgan fingerprint density at radius 2 is 1.77 bits per heavy atom. The van der Waals surface area contributed by atoms with Gasteiger partial charge in [0, 0.05) is 0 Å². The first-order valence-corrected chi connectivity index (χ1v) is 11.0. The number of rotatable bonds is 6. The van der Waals surface area contributed by atoms with Crippen molar-refractivity contribution in [1.29, 1.82) is 0 Å². The fourth-order valence-corrected chi connectivity index (χ4v) is 4.07. The summed E-state index contributed by atoms with van der Waals surface area (Å²) in [7, 11) is -2.72. The first kappa shape index (κ1) is 22.4. The molecule has 0 saturated heterocycles. The largest absolute Gasteiger partial charge is 0.465 e. The highest BCUT2D eigenvalue weighted by Gasteiger charge is 2.24.